The third-order valence-corrected chi connectivity index (χ3v) is 1.92. The van der Waals surface area contributed by atoms with Crippen LogP contribution in [0.1, 0.15) is 6.92 Å². The predicted molar refractivity (Wildman–Crippen MR) is 49.5 cm³/mol. The van der Waals surface area contributed by atoms with E-state index in [-0.39, 0.29) is 13.2 Å². The highest BCUT2D eigenvalue weighted by Crippen LogP contribution is 2.58. The van der Waals surface area contributed by atoms with Gasteiger partial charge in [0.15, 0.2) is 0 Å². The van der Waals surface area contributed by atoms with E-state index in [1.807, 2.05) is 0 Å². The summed E-state index contributed by atoms with van der Waals surface area (Å²) in [5.41, 5.74) is 0. The molecule has 0 fully saturated rings. The molecular weight excluding hydrogens is 222 g/mol. The molecule has 0 aromatic heterocycles. The fourth-order valence-electron chi connectivity index (χ4n) is 0.524. The highest BCUT2D eigenvalue weighted by atomic mass is 35.9. The molecule has 0 aromatic carbocycles. The maximum atomic E-state index is 10.7. The maximum absolute atomic E-state index is 10.7. The number of ether oxygens (including phenoxy) is 1. The second-order valence-corrected chi connectivity index (χ2v) is 6.28. The third kappa shape index (κ3) is 8.39. The van der Waals surface area contributed by atoms with Crippen LogP contribution in [-0.2, 0) is 13.8 Å². The summed E-state index contributed by atoms with van der Waals surface area (Å²) >= 11 is 10.3. The molecule has 0 bridgehead atoms. The van der Waals surface area contributed by atoms with Crippen molar-refractivity contribution in [2.45, 2.75) is 13.0 Å². The van der Waals surface area contributed by atoms with E-state index in [0.29, 0.717) is 0 Å². The molecule has 0 N–H and O–H groups in total. The second-order valence-electron chi connectivity index (χ2n) is 2.05. The summed E-state index contributed by atoms with van der Waals surface area (Å²) in [6, 6.07) is 0. The molecule has 3 nitrogen and oxygen atoms in total. The van der Waals surface area contributed by atoms with Crippen LogP contribution >= 0.6 is 28.6 Å². The summed E-state index contributed by atoms with van der Waals surface area (Å²) in [5, 5.41) is 0. The molecule has 0 aromatic rings. The second kappa shape index (κ2) is 5.85. The Morgan fingerprint density at radius 2 is 2.25 bits per heavy atom. The number of hydrogen-bond acceptors (Lipinski definition) is 3. The van der Waals surface area contributed by atoms with Crippen LogP contribution in [0.5, 0.6) is 0 Å². The molecule has 0 heterocycles. The summed E-state index contributed by atoms with van der Waals surface area (Å²) in [6.07, 6.45) is 1.03. The average molecular weight is 231 g/mol. The van der Waals surface area contributed by atoms with E-state index in [0.717, 1.165) is 0 Å². The van der Waals surface area contributed by atoms with E-state index in [1.165, 1.54) is 0 Å². The van der Waals surface area contributed by atoms with Crippen molar-refractivity contribution in [3.63, 3.8) is 0 Å². The van der Waals surface area contributed by atoms with Gasteiger partial charge in [-0.25, -0.2) is 0 Å². The molecule has 1 unspecified atom stereocenters. The Morgan fingerprint density at radius 1 is 1.67 bits per heavy atom. The van der Waals surface area contributed by atoms with Gasteiger partial charge in [-0.3, -0.25) is 4.57 Å². The van der Waals surface area contributed by atoms with Crippen molar-refractivity contribution in [2.24, 2.45) is 0 Å². The Labute approximate surface area is 81.4 Å². The molecule has 0 spiro atoms. The molecule has 0 aliphatic heterocycles. The Bertz CT molecular complexity index is 207. The SMILES string of the molecule is C#CCOCC(C)OP(=O)(Cl)Cl. The fraction of sp³-hybridized carbons (Fsp3) is 0.667. The van der Waals surface area contributed by atoms with Gasteiger partial charge in [-0.2, -0.15) is 0 Å². The molecule has 6 heteroatoms. The minimum Gasteiger partial charge on any atom is -0.366 e. The van der Waals surface area contributed by atoms with Crippen LogP contribution in [0.25, 0.3) is 0 Å². The molecule has 0 amide bonds. The largest absolute Gasteiger partial charge is 0.380 e. The Hall–Kier alpha value is 0.290. The van der Waals surface area contributed by atoms with Gasteiger partial charge < -0.3 is 9.26 Å². The first-order valence-electron chi connectivity index (χ1n) is 3.14. The van der Waals surface area contributed by atoms with Crippen molar-refractivity contribution in [3.05, 3.63) is 0 Å². The Kier molecular flexibility index (Phi) is 6.00. The van der Waals surface area contributed by atoms with Gasteiger partial charge in [0.1, 0.15) is 6.61 Å². The van der Waals surface area contributed by atoms with Crippen molar-refractivity contribution >= 4 is 28.6 Å². The normalized spacial score (nSPS) is 13.8. The van der Waals surface area contributed by atoms with Crippen molar-refractivity contribution in [2.75, 3.05) is 13.2 Å². The van der Waals surface area contributed by atoms with Gasteiger partial charge in [0.2, 0.25) is 0 Å². The standard InChI is InChI=1S/C6H9Cl2O3P/c1-3-4-10-5-6(2)11-12(7,8)9/h1,6H,4-5H2,2H3. The lowest BCUT2D eigenvalue weighted by molar-refractivity contribution is 0.0816. The lowest BCUT2D eigenvalue weighted by Gasteiger charge is -2.11. The maximum Gasteiger partial charge on any atom is 0.380 e. The van der Waals surface area contributed by atoms with Crippen LogP contribution in [0.2, 0.25) is 0 Å². The van der Waals surface area contributed by atoms with E-state index in [1.54, 1.807) is 6.92 Å². The highest BCUT2D eigenvalue weighted by Gasteiger charge is 2.18. The molecule has 0 radical (unpaired) electrons. The topological polar surface area (TPSA) is 35.5 Å². The highest BCUT2D eigenvalue weighted by molar-refractivity contribution is 8.05. The molecule has 0 aliphatic carbocycles. The smallest absolute Gasteiger partial charge is 0.366 e. The lowest BCUT2D eigenvalue weighted by atomic mass is 10.4. The van der Waals surface area contributed by atoms with E-state index in [2.05, 4.69) is 10.4 Å². The van der Waals surface area contributed by atoms with Crippen molar-refractivity contribution in [3.8, 4) is 12.3 Å². The summed E-state index contributed by atoms with van der Waals surface area (Å²) in [7, 11) is 0. The Morgan fingerprint density at radius 3 is 2.67 bits per heavy atom. The lowest BCUT2D eigenvalue weighted by Crippen LogP contribution is -2.13. The van der Waals surface area contributed by atoms with Crippen molar-refractivity contribution < 1.29 is 13.8 Å². The van der Waals surface area contributed by atoms with Crippen LogP contribution in [0.3, 0.4) is 0 Å². The molecule has 1 atom stereocenters. The van der Waals surface area contributed by atoms with Crippen LogP contribution in [0.15, 0.2) is 0 Å². The van der Waals surface area contributed by atoms with Crippen molar-refractivity contribution in [1.82, 2.24) is 0 Å². The van der Waals surface area contributed by atoms with Crippen LogP contribution in [-0.4, -0.2) is 19.3 Å². The summed E-state index contributed by atoms with van der Waals surface area (Å²) in [6.45, 7) is 2.03. The van der Waals surface area contributed by atoms with Gasteiger partial charge in [0.05, 0.1) is 12.7 Å². The Balaban J connectivity index is 3.55. The van der Waals surface area contributed by atoms with E-state index >= 15 is 0 Å². The first-order valence-corrected chi connectivity index (χ1v) is 6.58. The monoisotopic (exact) mass is 230 g/mol. The molecule has 0 saturated carbocycles. The fourth-order valence-corrected chi connectivity index (χ4v) is 1.82. The molecule has 0 rings (SSSR count). The van der Waals surface area contributed by atoms with Gasteiger partial charge in [-0.1, -0.05) is 5.92 Å². The molecule has 0 saturated heterocycles. The van der Waals surface area contributed by atoms with Crippen LogP contribution < -0.4 is 0 Å². The van der Waals surface area contributed by atoms with Gasteiger partial charge in [-0.05, 0) is 29.4 Å². The van der Waals surface area contributed by atoms with E-state index in [9.17, 15) is 4.57 Å². The molecule has 12 heavy (non-hydrogen) atoms. The molecule has 0 aliphatic rings. The minimum absolute atomic E-state index is 0.183. The van der Waals surface area contributed by atoms with Gasteiger partial charge >= 0.3 is 6.07 Å². The zero-order chi connectivity index (χ0) is 9.61. The average Bonchev–Trinajstić information content (AvgIpc) is 1.84. The molecule has 70 valence electrons. The third-order valence-electron chi connectivity index (χ3n) is 0.841. The quantitative estimate of drug-likeness (QED) is 0.414. The first-order chi connectivity index (χ1) is 5.45. The van der Waals surface area contributed by atoms with Gasteiger partial charge in [0.25, 0.3) is 0 Å². The summed E-state index contributed by atoms with van der Waals surface area (Å²) < 4.78 is 20.2. The first kappa shape index (κ1) is 12.3. The number of halogens is 2. The zero-order valence-electron chi connectivity index (χ0n) is 6.50. The minimum atomic E-state index is -3.46. The van der Waals surface area contributed by atoms with Crippen LogP contribution in [0.4, 0.5) is 0 Å². The van der Waals surface area contributed by atoms with Crippen LogP contribution in [0, 0.1) is 12.3 Å². The summed E-state index contributed by atoms with van der Waals surface area (Å²) in [5.74, 6) is 2.27. The molecular formula is C6H9Cl2O3P. The van der Waals surface area contributed by atoms with E-state index in [4.69, 9.17) is 33.6 Å². The van der Waals surface area contributed by atoms with Gasteiger partial charge in [-0.15, -0.1) is 6.42 Å². The number of rotatable bonds is 5. The van der Waals surface area contributed by atoms with Gasteiger partial charge in [0, 0.05) is 0 Å². The number of terminal acetylenes is 1. The van der Waals surface area contributed by atoms with E-state index < -0.39 is 12.2 Å². The zero-order valence-corrected chi connectivity index (χ0v) is 8.90. The number of hydrogen-bond donors (Lipinski definition) is 0. The van der Waals surface area contributed by atoms with Crippen molar-refractivity contribution in [1.29, 1.82) is 0 Å². The summed E-state index contributed by atoms with van der Waals surface area (Å²) in [4.78, 5) is 0. The predicted octanol–water partition coefficient (Wildman–Crippen LogP) is 2.63.